The summed E-state index contributed by atoms with van der Waals surface area (Å²) in [7, 11) is 0. The van der Waals surface area contributed by atoms with Crippen molar-refractivity contribution in [2.24, 2.45) is 0 Å². The molecule has 0 amide bonds. The standard InChI is InChI=1S/C17H16N6/c1-2-16-21-14(9-19)7-17(22-16)23-10-15(11-23)20-13-5-3-4-12(6-13)8-18/h3-7,15,20H,2,10-11H2,1H3. The predicted molar refractivity (Wildman–Crippen MR) is 86.9 cm³/mol. The molecule has 0 radical (unpaired) electrons. The summed E-state index contributed by atoms with van der Waals surface area (Å²) >= 11 is 0. The van der Waals surface area contributed by atoms with E-state index in [2.05, 4.69) is 32.3 Å². The maximum Gasteiger partial charge on any atom is 0.146 e. The van der Waals surface area contributed by atoms with Gasteiger partial charge in [-0.25, -0.2) is 9.97 Å². The lowest BCUT2D eigenvalue weighted by Gasteiger charge is -2.41. The lowest BCUT2D eigenvalue weighted by Crippen LogP contribution is -2.55. The molecule has 2 heterocycles. The molecule has 0 bridgehead atoms. The summed E-state index contributed by atoms with van der Waals surface area (Å²) in [5.74, 6) is 1.49. The van der Waals surface area contributed by atoms with Crippen molar-refractivity contribution in [3.63, 3.8) is 0 Å². The molecule has 1 saturated heterocycles. The van der Waals surface area contributed by atoms with E-state index >= 15 is 0 Å². The van der Waals surface area contributed by atoms with Crippen molar-refractivity contribution in [2.75, 3.05) is 23.3 Å². The Kier molecular flexibility index (Phi) is 4.07. The predicted octanol–water partition coefficient (Wildman–Crippen LogP) is 2.08. The van der Waals surface area contributed by atoms with E-state index in [0.717, 1.165) is 24.6 Å². The lowest BCUT2D eigenvalue weighted by atomic mass is 10.1. The van der Waals surface area contributed by atoms with Crippen LogP contribution >= 0.6 is 0 Å². The van der Waals surface area contributed by atoms with Gasteiger partial charge in [0.1, 0.15) is 23.4 Å². The Morgan fingerprint density at radius 2 is 2.04 bits per heavy atom. The van der Waals surface area contributed by atoms with Crippen molar-refractivity contribution in [1.29, 1.82) is 10.5 Å². The van der Waals surface area contributed by atoms with Crippen molar-refractivity contribution >= 4 is 11.5 Å². The van der Waals surface area contributed by atoms with Crippen LogP contribution in [0.25, 0.3) is 0 Å². The van der Waals surface area contributed by atoms with Crippen LogP contribution < -0.4 is 10.2 Å². The maximum absolute atomic E-state index is 9.05. The zero-order valence-corrected chi connectivity index (χ0v) is 12.8. The van der Waals surface area contributed by atoms with Crippen LogP contribution in [0.5, 0.6) is 0 Å². The molecule has 1 aromatic carbocycles. The molecule has 1 aliphatic heterocycles. The van der Waals surface area contributed by atoms with Gasteiger partial charge in [0, 0.05) is 31.3 Å². The van der Waals surface area contributed by atoms with E-state index in [0.29, 0.717) is 29.5 Å². The highest BCUT2D eigenvalue weighted by Crippen LogP contribution is 2.22. The molecule has 0 aliphatic carbocycles. The Morgan fingerprint density at radius 1 is 1.22 bits per heavy atom. The van der Waals surface area contributed by atoms with Crippen molar-refractivity contribution in [3.8, 4) is 12.1 Å². The average Bonchev–Trinajstić information content (AvgIpc) is 2.57. The SMILES string of the molecule is CCc1nc(C#N)cc(N2CC(Nc3cccc(C#N)c3)C2)n1. The summed E-state index contributed by atoms with van der Waals surface area (Å²) in [4.78, 5) is 10.8. The first kappa shape index (κ1) is 14.8. The number of aromatic nitrogens is 2. The summed E-state index contributed by atoms with van der Waals surface area (Å²) < 4.78 is 0. The summed E-state index contributed by atoms with van der Waals surface area (Å²) in [6.07, 6.45) is 0.707. The van der Waals surface area contributed by atoms with Gasteiger partial charge in [0.2, 0.25) is 0 Å². The maximum atomic E-state index is 9.05. The van der Waals surface area contributed by atoms with E-state index < -0.39 is 0 Å². The molecule has 2 aromatic rings. The van der Waals surface area contributed by atoms with Gasteiger partial charge < -0.3 is 10.2 Å². The number of anilines is 2. The number of benzene rings is 1. The zero-order valence-electron chi connectivity index (χ0n) is 12.8. The van der Waals surface area contributed by atoms with E-state index in [1.807, 2.05) is 25.1 Å². The van der Waals surface area contributed by atoms with Gasteiger partial charge in [-0.15, -0.1) is 0 Å². The quantitative estimate of drug-likeness (QED) is 0.930. The van der Waals surface area contributed by atoms with Gasteiger partial charge in [0.15, 0.2) is 0 Å². The Bertz CT molecular complexity index is 795. The molecular formula is C17H16N6. The van der Waals surface area contributed by atoms with E-state index in [4.69, 9.17) is 10.5 Å². The molecule has 1 aliphatic rings. The van der Waals surface area contributed by atoms with Gasteiger partial charge in [-0.1, -0.05) is 13.0 Å². The fourth-order valence-corrected chi connectivity index (χ4v) is 2.53. The van der Waals surface area contributed by atoms with E-state index in [-0.39, 0.29) is 0 Å². The van der Waals surface area contributed by atoms with E-state index in [1.165, 1.54) is 0 Å². The molecule has 6 nitrogen and oxygen atoms in total. The van der Waals surface area contributed by atoms with Gasteiger partial charge in [0.25, 0.3) is 0 Å². The highest BCUT2D eigenvalue weighted by molar-refractivity contribution is 5.53. The topological polar surface area (TPSA) is 88.6 Å². The summed E-state index contributed by atoms with van der Waals surface area (Å²) in [6, 6.07) is 13.7. The monoisotopic (exact) mass is 304 g/mol. The molecule has 23 heavy (non-hydrogen) atoms. The van der Waals surface area contributed by atoms with Crippen molar-refractivity contribution < 1.29 is 0 Å². The van der Waals surface area contributed by atoms with Crippen LogP contribution in [0.2, 0.25) is 0 Å². The average molecular weight is 304 g/mol. The fraction of sp³-hybridized carbons (Fsp3) is 0.294. The molecule has 0 saturated carbocycles. The Hall–Kier alpha value is -3.12. The lowest BCUT2D eigenvalue weighted by molar-refractivity contribution is 0.543. The van der Waals surface area contributed by atoms with Crippen LogP contribution in [-0.2, 0) is 6.42 Å². The third-order valence-corrected chi connectivity index (χ3v) is 3.76. The number of rotatable bonds is 4. The normalized spacial score (nSPS) is 13.8. The van der Waals surface area contributed by atoms with E-state index in [1.54, 1.807) is 12.1 Å². The molecule has 6 heteroatoms. The number of nitrogens with one attached hydrogen (secondary N) is 1. The second-order valence-corrected chi connectivity index (χ2v) is 5.43. The third kappa shape index (κ3) is 3.22. The molecule has 114 valence electrons. The molecular weight excluding hydrogens is 288 g/mol. The summed E-state index contributed by atoms with van der Waals surface area (Å²) in [6.45, 7) is 3.59. The number of hydrogen-bond donors (Lipinski definition) is 1. The molecule has 1 fully saturated rings. The number of nitriles is 2. The van der Waals surface area contributed by atoms with Gasteiger partial charge in [-0.3, -0.25) is 0 Å². The fourth-order valence-electron chi connectivity index (χ4n) is 2.53. The third-order valence-electron chi connectivity index (χ3n) is 3.76. The minimum absolute atomic E-state index is 0.300. The summed E-state index contributed by atoms with van der Waals surface area (Å²) in [5.41, 5.74) is 2.00. The van der Waals surface area contributed by atoms with Crippen LogP contribution in [0.4, 0.5) is 11.5 Å². The van der Waals surface area contributed by atoms with Crippen molar-refractivity contribution in [2.45, 2.75) is 19.4 Å². The van der Waals surface area contributed by atoms with Crippen molar-refractivity contribution in [1.82, 2.24) is 9.97 Å². The van der Waals surface area contributed by atoms with Crippen LogP contribution in [0, 0.1) is 22.7 Å². The molecule has 0 atom stereocenters. The van der Waals surface area contributed by atoms with Gasteiger partial charge in [-0.05, 0) is 18.2 Å². The Labute approximate surface area is 135 Å². The molecule has 3 rings (SSSR count). The second-order valence-electron chi connectivity index (χ2n) is 5.43. The van der Waals surface area contributed by atoms with Crippen LogP contribution in [0.3, 0.4) is 0 Å². The highest BCUT2D eigenvalue weighted by atomic mass is 15.3. The number of hydrogen-bond acceptors (Lipinski definition) is 6. The molecule has 0 unspecified atom stereocenters. The Balaban J connectivity index is 1.65. The van der Waals surface area contributed by atoms with Crippen molar-refractivity contribution in [3.05, 3.63) is 47.4 Å². The van der Waals surface area contributed by atoms with E-state index in [9.17, 15) is 0 Å². The minimum atomic E-state index is 0.300. The first-order chi connectivity index (χ1) is 11.2. The largest absolute Gasteiger partial charge is 0.379 e. The minimum Gasteiger partial charge on any atom is -0.379 e. The first-order valence-corrected chi connectivity index (χ1v) is 7.51. The van der Waals surface area contributed by atoms with Gasteiger partial charge >= 0.3 is 0 Å². The summed E-state index contributed by atoms with van der Waals surface area (Å²) in [5, 5.41) is 21.4. The van der Waals surface area contributed by atoms with Gasteiger partial charge in [-0.2, -0.15) is 10.5 Å². The first-order valence-electron chi connectivity index (χ1n) is 7.51. The van der Waals surface area contributed by atoms with Crippen LogP contribution in [0.15, 0.2) is 30.3 Å². The zero-order chi connectivity index (χ0) is 16.2. The molecule has 1 N–H and O–H groups in total. The number of nitrogens with zero attached hydrogens (tertiary/aromatic N) is 5. The smallest absolute Gasteiger partial charge is 0.146 e. The van der Waals surface area contributed by atoms with Crippen LogP contribution in [0.1, 0.15) is 24.0 Å². The molecule has 0 spiro atoms. The highest BCUT2D eigenvalue weighted by Gasteiger charge is 2.28. The Morgan fingerprint density at radius 3 is 2.74 bits per heavy atom. The van der Waals surface area contributed by atoms with Gasteiger partial charge in [0.05, 0.1) is 17.7 Å². The molecule has 1 aromatic heterocycles. The second kappa shape index (κ2) is 6.33. The van der Waals surface area contributed by atoms with Crippen LogP contribution in [-0.4, -0.2) is 29.1 Å². The number of aryl methyl sites for hydroxylation is 1.